The minimum absolute atomic E-state index is 0.107. The first-order valence-corrected chi connectivity index (χ1v) is 8.78. The quantitative estimate of drug-likeness (QED) is 0.775. The molecule has 0 bridgehead atoms. The summed E-state index contributed by atoms with van der Waals surface area (Å²) in [5, 5.41) is 2.84. The van der Waals surface area contributed by atoms with Crippen molar-refractivity contribution < 1.29 is 14.3 Å². The molecule has 1 aliphatic carbocycles. The Morgan fingerprint density at radius 1 is 1.32 bits per heavy atom. The number of hydrogen-bond acceptors (Lipinski definition) is 4. The standard InChI is InChI=1S/C19H17BrN2O3/c1-2-25-18(23)10-12-6-3-4-8-15(12)22-19(24)17-11-14(20)13-7-5-9-16(13)21-17/h3-8,11H,2,9-10H2,1H3,(H,22,24). The van der Waals surface area contributed by atoms with E-state index < -0.39 is 0 Å². The second kappa shape index (κ2) is 7.61. The molecule has 1 aromatic heterocycles. The Bertz CT molecular complexity index is 862. The zero-order valence-corrected chi connectivity index (χ0v) is 15.3. The van der Waals surface area contributed by atoms with E-state index in [4.69, 9.17) is 4.74 Å². The van der Waals surface area contributed by atoms with Crippen LogP contribution in [-0.4, -0.2) is 23.5 Å². The molecule has 1 heterocycles. The SMILES string of the molecule is CCOC(=O)Cc1ccccc1NC(=O)c1cc(Br)c2c(n1)CC=C2. The summed E-state index contributed by atoms with van der Waals surface area (Å²) in [6.07, 6.45) is 4.82. The van der Waals surface area contributed by atoms with Gasteiger partial charge in [-0.2, -0.15) is 0 Å². The van der Waals surface area contributed by atoms with Crippen molar-refractivity contribution in [3.05, 3.63) is 63.4 Å². The number of pyridine rings is 1. The molecule has 6 heteroatoms. The number of rotatable bonds is 5. The van der Waals surface area contributed by atoms with Crippen molar-refractivity contribution in [2.75, 3.05) is 11.9 Å². The molecule has 1 aliphatic rings. The van der Waals surface area contributed by atoms with Crippen LogP contribution in [-0.2, 0) is 22.4 Å². The average Bonchev–Trinajstić information content (AvgIpc) is 3.06. The molecule has 1 amide bonds. The maximum Gasteiger partial charge on any atom is 0.310 e. The largest absolute Gasteiger partial charge is 0.466 e. The fourth-order valence-electron chi connectivity index (χ4n) is 2.66. The number of carbonyl (C=O) groups is 2. The number of anilines is 1. The van der Waals surface area contributed by atoms with Crippen LogP contribution in [0.4, 0.5) is 5.69 Å². The first-order valence-electron chi connectivity index (χ1n) is 7.99. The van der Waals surface area contributed by atoms with Crippen molar-refractivity contribution in [1.82, 2.24) is 4.98 Å². The van der Waals surface area contributed by atoms with Crippen LogP contribution in [0.1, 0.15) is 34.2 Å². The van der Waals surface area contributed by atoms with E-state index in [1.165, 1.54) is 0 Å². The van der Waals surface area contributed by atoms with Gasteiger partial charge in [0.15, 0.2) is 0 Å². The van der Waals surface area contributed by atoms with Gasteiger partial charge in [-0.25, -0.2) is 4.98 Å². The Kier molecular flexibility index (Phi) is 5.28. The van der Waals surface area contributed by atoms with E-state index >= 15 is 0 Å². The van der Waals surface area contributed by atoms with Crippen LogP contribution < -0.4 is 5.32 Å². The number of para-hydroxylation sites is 1. The summed E-state index contributed by atoms with van der Waals surface area (Å²) < 4.78 is 5.82. The van der Waals surface area contributed by atoms with Crippen LogP contribution in [0.5, 0.6) is 0 Å². The minimum Gasteiger partial charge on any atom is -0.466 e. The van der Waals surface area contributed by atoms with E-state index in [2.05, 4.69) is 26.2 Å². The van der Waals surface area contributed by atoms with Crippen LogP contribution in [0.15, 0.2) is 40.9 Å². The van der Waals surface area contributed by atoms with Crippen LogP contribution in [0.2, 0.25) is 0 Å². The monoisotopic (exact) mass is 400 g/mol. The molecule has 0 unspecified atom stereocenters. The third-order valence-electron chi connectivity index (χ3n) is 3.82. The number of hydrogen-bond donors (Lipinski definition) is 1. The first kappa shape index (κ1) is 17.4. The molecular weight excluding hydrogens is 384 g/mol. The number of esters is 1. The Labute approximate surface area is 154 Å². The van der Waals surface area contributed by atoms with Crippen molar-refractivity contribution in [3.63, 3.8) is 0 Å². The third kappa shape index (κ3) is 3.96. The molecule has 2 aromatic rings. The van der Waals surface area contributed by atoms with Gasteiger partial charge in [0.1, 0.15) is 5.69 Å². The molecule has 3 rings (SSSR count). The third-order valence-corrected chi connectivity index (χ3v) is 4.48. The average molecular weight is 401 g/mol. The van der Waals surface area contributed by atoms with Crippen molar-refractivity contribution in [3.8, 4) is 0 Å². The number of nitrogens with zero attached hydrogens (tertiary/aromatic N) is 1. The molecule has 1 N–H and O–H groups in total. The van der Waals surface area contributed by atoms with Crippen LogP contribution in [0.25, 0.3) is 6.08 Å². The molecule has 1 aromatic carbocycles. The van der Waals surface area contributed by atoms with Gasteiger partial charge in [0.2, 0.25) is 0 Å². The van der Waals surface area contributed by atoms with E-state index in [-0.39, 0.29) is 18.3 Å². The summed E-state index contributed by atoms with van der Waals surface area (Å²) in [5.41, 5.74) is 3.51. The molecule has 0 saturated carbocycles. The number of allylic oxidation sites excluding steroid dienone is 1. The molecule has 25 heavy (non-hydrogen) atoms. The van der Waals surface area contributed by atoms with E-state index in [0.717, 1.165) is 15.7 Å². The minimum atomic E-state index is -0.325. The molecular formula is C19H17BrN2O3. The fourth-order valence-corrected chi connectivity index (χ4v) is 3.24. The van der Waals surface area contributed by atoms with Gasteiger partial charge < -0.3 is 10.1 Å². The topological polar surface area (TPSA) is 68.3 Å². The van der Waals surface area contributed by atoms with E-state index in [1.54, 1.807) is 31.2 Å². The normalized spacial score (nSPS) is 11.9. The number of amides is 1. The highest BCUT2D eigenvalue weighted by atomic mass is 79.9. The van der Waals surface area contributed by atoms with Gasteiger partial charge in [-0.1, -0.05) is 46.3 Å². The Morgan fingerprint density at radius 2 is 2.12 bits per heavy atom. The van der Waals surface area contributed by atoms with Crippen LogP contribution in [0, 0.1) is 0 Å². The van der Waals surface area contributed by atoms with Gasteiger partial charge in [-0.3, -0.25) is 9.59 Å². The summed E-state index contributed by atoms with van der Waals surface area (Å²) in [6, 6.07) is 8.89. The van der Waals surface area contributed by atoms with E-state index in [1.807, 2.05) is 18.2 Å². The van der Waals surface area contributed by atoms with Crippen molar-refractivity contribution in [2.24, 2.45) is 0 Å². The number of nitrogens with one attached hydrogen (secondary N) is 1. The molecule has 5 nitrogen and oxygen atoms in total. The molecule has 0 saturated heterocycles. The van der Waals surface area contributed by atoms with Gasteiger partial charge >= 0.3 is 5.97 Å². The van der Waals surface area contributed by atoms with Crippen molar-refractivity contribution in [1.29, 1.82) is 0 Å². The Balaban J connectivity index is 1.80. The second-order valence-corrected chi connectivity index (χ2v) is 6.40. The molecule has 0 spiro atoms. The van der Waals surface area contributed by atoms with Gasteiger partial charge in [0, 0.05) is 22.1 Å². The second-order valence-electron chi connectivity index (χ2n) is 5.55. The number of ether oxygens (including phenoxy) is 1. The number of aromatic nitrogens is 1. The van der Waals surface area contributed by atoms with Gasteiger partial charge in [0.25, 0.3) is 5.91 Å². The van der Waals surface area contributed by atoms with E-state index in [0.29, 0.717) is 30.0 Å². The zero-order valence-electron chi connectivity index (χ0n) is 13.7. The molecule has 128 valence electrons. The van der Waals surface area contributed by atoms with Crippen LogP contribution >= 0.6 is 15.9 Å². The summed E-state index contributed by atoms with van der Waals surface area (Å²) in [6.45, 7) is 2.09. The number of carbonyl (C=O) groups excluding carboxylic acids is 2. The number of fused-ring (bicyclic) bond motifs is 1. The summed E-state index contributed by atoms with van der Waals surface area (Å²) in [4.78, 5) is 28.8. The zero-order chi connectivity index (χ0) is 17.8. The number of halogens is 1. The van der Waals surface area contributed by atoms with Gasteiger partial charge in [-0.15, -0.1) is 0 Å². The lowest BCUT2D eigenvalue weighted by Crippen LogP contribution is -2.17. The molecule has 0 fully saturated rings. The molecule has 0 radical (unpaired) electrons. The molecule has 0 atom stereocenters. The van der Waals surface area contributed by atoms with Crippen molar-refractivity contribution in [2.45, 2.75) is 19.8 Å². The predicted octanol–water partition coefficient (Wildman–Crippen LogP) is 3.77. The predicted molar refractivity (Wildman–Crippen MR) is 99.4 cm³/mol. The lowest BCUT2D eigenvalue weighted by atomic mass is 10.1. The lowest BCUT2D eigenvalue weighted by molar-refractivity contribution is -0.142. The fraction of sp³-hybridized carbons (Fsp3) is 0.211. The van der Waals surface area contributed by atoms with Gasteiger partial charge in [0.05, 0.1) is 18.7 Å². The van der Waals surface area contributed by atoms with Crippen LogP contribution in [0.3, 0.4) is 0 Å². The summed E-state index contributed by atoms with van der Waals surface area (Å²) >= 11 is 3.48. The lowest BCUT2D eigenvalue weighted by Gasteiger charge is -2.11. The maximum atomic E-state index is 12.6. The molecule has 0 aliphatic heterocycles. The van der Waals surface area contributed by atoms with Gasteiger partial charge in [-0.05, 0) is 24.6 Å². The maximum absolute atomic E-state index is 12.6. The smallest absolute Gasteiger partial charge is 0.310 e. The highest BCUT2D eigenvalue weighted by molar-refractivity contribution is 9.10. The first-order chi connectivity index (χ1) is 12.1. The highest BCUT2D eigenvalue weighted by Gasteiger charge is 2.17. The summed E-state index contributed by atoms with van der Waals surface area (Å²) in [5.74, 6) is -0.639. The van der Waals surface area contributed by atoms with E-state index in [9.17, 15) is 9.59 Å². The Morgan fingerprint density at radius 3 is 2.92 bits per heavy atom. The summed E-state index contributed by atoms with van der Waals surface area (Å²) in [7, 11) is 0. The Hall–Kier alpha value is -2.47. The van der Waals surface area contributed by atoms with Crippen molar-refractivity contribution >= 4 is 39.6 Å². The highest BCUT2D eigenvalue weighted by Crippen LogP contribution is 2.27. The number of benzene rings is 1.